The predicted octanol–water partition coefficient (Wildman–Crippen LogP) is 6.45. The minimum Gasteiger partial charge on any atom is -0.464 e. The van der Waals surface area contributed by atoms with Gasteiger partial charge >= 0.3 is 0 Å². The summed E-state index contributed by atoms with van der Waals surface area (Å²) in [6, 6.07) is 25.0. The van der Waals surface area contributed by atoms with E-state index in [1.54, 1.807) is 0 Å². The van der Waals surface area contributed by atoms with Gasteiger partial charge in [-0.3, -0.25) is 0 Å². The standard InChI is InChI=1S/C22H16Br2N2O/c23-16-8-6-15(7-9-16)22-26-20(18-12-17(24)10-11-21(18)27-22)13-19(25-26)14-4-2-1-3-5-14/h1-12,20,22H,13H2/t20-,22-/m0/s1. The first-order valence-corrected chi connectivity index (χ1v) is 10.4. The summed E-state index contributed by atoms with van der Waals surface area (Å²) in [5.74, 6) is 0.928. The predicted molar refractivity (Wildman–Crippen MR) is 114 cm³/mol. The minimum atomic E-state index is -0.238. The maximum absolute atomic E-state index is 6.39. The third-order valence-electron chi connectivity index (χ3n) is 5.01. The summed E-state index contributed by atoms with van der Waals surface area (Å²) in [6.45, 7) is 0. The van der Waals surface area contributed by atoms with Gasteiger partial charge in [-0.1, -0.05) is 74.3 Å². The van der Waals surface area contributed by atoms with Crippen LogP contribution in [0.25, 0.3) is 0 Å². The molecule has 0 aromatic heterocycles. The van der Waals surface area contributed by atoms with Gasteiger partial charge in [0.15, 0.2) is 0 Å². The Labute approximate surface area is 174 Å². The molecule has 27 heavy (non-hydrogen) atoms. The van der Waals surface area contributed by atoms with Crippen LogP contribution in [0.15, 0.2) is 86.8 Å². The lowest BCUT2D eigenvalue weighted by Crippen LogP contribution is -2.33. The van der Waals surface area contributed by atoms with Crippen molar-refractivity contribution in [1.29, 1.82) is 0 Å². The van der Waals surface area contributed by atoms with Crippen LogP contribution in [0.4, 0.5) is 0 Å². The Bertz CT molecular complexity index is 1020. The van der Waals surface area contributed by atoms with Crippen molar-refractivity contribution in [3.8, 4) is 5.75 Å². The Morgan fingerprint density at radius 2 is 1.63 bits per heavy atom. The molecule has 5 heteroatoms. The maximum Gasteiger partial charge on any atom is 0.213 e. The third kappa shape index (κ3) is 3.09. The fraction of sp³-hybridized carbons (Fsp3) is 0.136. The summed E-state index contributed by atoms with van der Waals surface area (Å²) in [6.07, 6.45) is 0.627. The van der Waals surface area contributed by atoms with E-state index in [1.807, 2.05) is 30.3 Å². The second-order valence-corrected chi connectivity index (χ2v) is 8.55. The number of hydrazone groups is 1. The summed E-state index contributed by atoms with van der Waals surface area (Å²) >= 11 is 7.11. The molecule has 0 saturated heterocycles. The third-order valence-corrected chi connectivity index (χ3v) is 6.04. The molecule has 0 N–H and O–H groups in total. The average Bonchev–Trinajstić information content (AvgIpc) is 3.15. The largest absolute Gasteiger partial charge is 0.464 e. The fourth-order valence-electron chi connectivity index (χ4n) is 3.71. The summed E-state index contributed by atoms with van der Waals surface area (Å²) in [4.78, 5) is 0. The number of benzene rings is 3. The molecule has 0 spiro atoms. The van der Waals surface area contributed by atoms with E-state index in [1.165, 1.54) is 5.56 Å². The van der Waals surface area contributed by atoms with Gasteiger partial charge in [0, 0.05) is 26.5 Å². The van der Waals surface area contributed by atoms with Crippen LogP contribution in [0, 0.1) is 0 Å². The fourth-order valence-corrected chi connectivity index (χ4v) is 4.35. The number of hydrogen-bond acceptors (Lipinski definition) is 3. The Morgan fingerprint density at radius 1 is 0.889 bits per heavy atom. The first-order valence-electron chi connectivity index (χ1n) is 8.82. The summed E-state index contributed by atoms with van der Waals surface area (Å²) in [7, 11) is 0. The quantitative estimate of drug-likeness (QED) is 0.418. The first kappa shape index (κ1) is 17.0. The molecular formula is C22H16Br2N2O. The molecule has 2 heterocycles. The summed E-state index contributed by atoms with van der Waals surface area (Å²) < 4.78 is 8.50. The van der Waals surface area contributed by atoms with Crippen LogP contribution in [0.1, 0.15) is 35.4 Å². The van der Waals surface area contributed by atoms with Crippen molar-refractivity contribution in [1.82, 2.24) is 5.01 Å². The van der Waals surface area contributed by atoms with Gasteiger partial charge in [-0.05, 0) is 35.9 Å². The Balaban J connectivity index is 1.61. The molecule has 0 fully saturated rings. The normalized spacial score (nSPS) is 20.5. The maximum atomic E-state index is 6.39. The van der Waals surface area contributed by atoms with Gasteiger partial charge in [-0.2, -0.15) is 5.10 Å². The van der Waals surface area contributed by atoms with Crippen LogP contribution in [0.3, 0.4) is 0 Å². The molecule has 3 aromatic rings. The molecule has 0 amide bonds. The second kappa shape index (κ2) is 6.80. The highest BCUT2D eigenvalue weighted by atomic mass is 79.9. The van der Waals surface area contributed by atoms with Gasteiger partial charge in [0.05, 0.1) is 11.8 Å². The lowest BCUT2D eigenvalue weighted by Gasteiger charge is -2.38. The zero-order valence-corrected chi connectivity index (χ0v) is 17.5. The van der Waals surface area contributed by atoms with Gasteiger partial charge < -0.3 is 4.74 Å². The molecule has 0 bridgehead atoms. The smallest absolute Gasteiger partial charge is 0.213 e. The molecule has 0 aliphatic carbocycles. The van der Waals surface area contributed by atoms with E-state index >= 15 is 0 Å². The van der Waals surface area contributed by atoms with Crippen LogP contribution >= 0.6 is 31.9 Å². The molecule has 3 aromatic carbocycles. The number of nitrogens with zero attached hydrogens (tertiary/aromatic N) is 2. The highest BCUT2D eigenvalue weighted by Crippen LogP contribution is 2.48. The van der Waals surface area contributed by atoms with Gasteiger partial charge in [-0.25, -0.2) is 5.01 Å². The van der Waals surface area contributed by atoms with Gasteiger partial charge in [0.2, 0.25) is 6.23 Å². The van der Waals surface area contributed by atoms with Crippen LogP contribution < -0.4 is 4.74 Å². The molecule has 3 nitrogen and oxygen atoms in total. The van der Waals surface area contributed by atoms with Gasteiger partial charge in [-0.15, -0.1) is 0 Å². The number of ether oxygens (including phenoxy) is 1. The molecule has 134 valence electrons. The van der Waals surface area contributed by atoms with Crippen LogP contribution in [-0.4, -0.2) is 10.7 Å². The number of rotatable bonds is 2. The number of hydrogen-bond donors (Lipinski definition) is 0. The van der Waals surface area contributed by atoms with E-state index in [9.17, 15) is 0 Å². The Morgan fingerprint density at radius 3 is 2.41 bits per heavy atom. The lowest BCUT2D eigenvalue weighted by molar-refractivity contribution is -0.0190. The second-order valence-electron chi connectivity index (χ2n) is 6.72. The van der Waals surface area contributed by atoms with Crippen molar-refractivity contribution in [3.05, 3.63) is 98.4 Å². The molecule has 2 aliphatic rings. The average molecular weight is 484 g/mol. The highest BCUT2D eigenvalue weighted by Gasteiger charge is 2.41. The lowest BCUT2D eigenvalue weighted by atomic mass is 9.96. The van der Waals surface area contributed by atoms with Crippen molar-refractivity contribution in [3.63, 3.8) is 0 Å². The topological polar surface area (TPSA) is 24.8 Å². The van der Waals surface area contributed by atoms with E-state index in [4.69, 9.17) is 9.84 Å². The molecule has 0 radical (unpaired) electrons. The van der Waals surface area contributed by atoms with E-state index in [0.717, 1.165) is 38.0 Å². The van der Waals surface area contributed by atoms with E-state index in [2.05, 4.69) is 79.3 Å². The molecule has 2 aliphatic heterocycles. The molecule has 0 unspecified atom stereocenters. The Kier molecular flexibility index (Phi) is 4.29. The van der Waals surface area contributed by atoms with Crippen molar-refractivity contribution >= 4 is 37.6 Å². The molecule has 2 atom stereocenters. The minimum absolute atomic E-state index is 0.162. The number of fused-ring (bicyclic) bond motifs is 3. The zero-order valence-electron chi connectivity index (χ0n) is 14.3. The summed E-state index contributed by atoms with van der Waals surface area (Å²) in [5.41, 5.74) is 4.53. The number of halogens is 2. The zero-order chi connectivity index (χ0) is 18.4. The highest BCUT2D eigenvalue weighted by molar-refractivity contribution is 9.10. The van der Waals surface area contributed by atoms with Crippen LogP contribution in [0.2, 0.25) is 0 Å². The molecule has 0 saturated carbocycles. The van der Waals surface area contributed by atoms with Crippen molar-refractivity contribution in [2.24, 2.45) is 5.10 Å². The van der Waals surface area contributed by atoms with Crippen LogP contribution in [0.5, 0.6) is 5.75 Å². The summed E-state index contributed by atoms with van der Waals surface area (Å²) in [5, 5.41) is 7.10. The Hall–Kier alpha value is -2.11. The van der Waals surface area contributed by atoms with Crippen molar-refractivity contribution < 1.29 is 4.74 Å². The molecule has 5 rings (SSSR count). The molecular weight excluding hydrogens is 468 g/mol. The van der Waals surface area contributed by atoms with E-state index in [0.29, 0.717) is 0 Å². The van der Waals surface area contributed by atoms with Crippen LogP contribution in [-0.2, 0) is 0 Å². The SMILES string of the molecule is Brc1ccc([C@@H]2Oc3ccc(Br)cc3[C@@H]3CC(c4ccccc4)=NN32)cc1. The van der Waals surface area contributed by atoms with Gasteiger partial charge in [0.1, 0.15) is 5.75 Å². The first-order chi connectivity index (χ1) is 13.2. The van der Waals surface area contributed by atoms with E-state index in [-0.39, 0.29) is 12.3 Å². The van der Waals surface area contributed by atoms with E-state index < -0.39 is 0 Å². The monoisotopic (exact) mass is 482 g/mol. The van der Waals surface area contributed by atoms with Gasteiger partial charge in [0.25, 0.3) is 0 Å². The van der Waals surface area contributed by atoms with Crippen molar-refractivity contribution in [2.75, 3.05) is 0 Å². The van der Waals surface area contributed by atoms with Crippen molar-refractivity contribution in [2.45, 2.75) is 18.7 Å².